The predicted octanol–water partition coefficient (Wildman–Crippen LogP) is 2.64. The third-order valence-corrected chi connectivity index (χ3v) is 3.98. The first-order valence-corrected chi connectivity index (χ1v) is 7.42. The Hall–Kier alpha value is -1.38. The van der Waals surface area contributed by atoms with Crippen molar-refractivity contribution in [3.8, 4) is 10.6 Å². The lowest BCUT2D eigenvalue weighted by molar-refractivity contribution is -0.119. The maximum absolute atomic E-state index is 13.7. The molecule has 20 heavy (non-hydrogen) atoms. The van der Waals surface area contributed by atoms with Gasteiger partial charge in [0.1, 0.15) is 5.82 Å². The summed E-state index contributed by atoms with van der Waals surface area (Å²) in [4.78, 5) is 11.7. The minimum Gasteiger partial charge on any atom is -0.330 e. The van der Waals surface area contributed by atoms with Crippen LogP contribution in [0.1, 0.15) is 6.92 Å². The van der Waals surface area contributed by atoms with Gasteiger partial charge in [-0.2, -0.15) is 0 Å². The highest BCUT2D eigenvalue weighted by Gasteiger charge is 2.16. The van der Waals surface area contributed by atoms with E-state index in [-0.39, 0.29) is 18.4 Å². The summed E-state index contributed by atoms with van der Waals surface area (Å²) in [5, 5.41) is 11.1. The van der Waals surface area contributed by atoms with Crippen molar-refractivity contribution in [3.63, 3.8) is 0 Å². The van der Waals surface area contributed by atoms with Crippen LogP contribution in [0.3, 0.4) is 0 Å². The van der Waals surface area contributed by atoms with E-state index in [0.29, 0.717) is 15.7 Å². The van der Waals surface area contributed by atoms with Gasteiger partial charge in [-0.05, 0) is 18.2 Å². The van der Waals surface area contributed by atoms with Crippen LogP contribution < -0.4 is 11.1 Å². The molecule has 0 aliphatic rings. The molecule has 1 amide bonds. The molecule has 5 nitrogen and oxygen atoms in total. The second kappa shape index (κ2) is 6.38. The fraction of sp³-hybridized carbons (Fsp3) is 0.250. The second-order valence-corrected chi connectivity index (χ2v) is 6.06. The van der Waals surface area contributed by atoms with Crippen molar-refractivity contribution in [2.75, 3.05) is 11.9 Å². The fourth-order valence-corrected chi connectivity index (χ4v) is 2.51. The van der Waals surface area contributed by atoms with Gasteiger partial charge in [0.15, 0.2) is 5.01 Å². The summed E-state index contributed by atoms with van der Waals surface area (Å²) in [6.45, 7) is 1.96. The number of hydrogen-bond acceptors (Lipinski definition) is 5. The van der Waals surface area contributed by atoms with Gasteiger partial charge in [0.05, 0.1) is 0 Å². The van der Waals surface area contributed by atoms with Gasteiger partial charge in [-0.25, -0.2) is 4.39 Å². The number of anilines is 1. The van der Waals surface area contributed by atoms with E-state index in [4.69, 9.17) is 5.73 Å². The average Bonchev–Trinajstić information content (AvgIpc) is 2.88. The third kappa shape index (κ3) is 3.38. The van der Waals surface area contributed by atoms with Crippen LogP contribution in [0.4, 0.5) is 9.52 Å². The Bertz CT molecular complexity index is 634. The lowest BCUT2D eigenvalue weighted by Gasteiger charge is -2.06. The number of rotatable bonds is 4. The molecule has 1 aromatic carbocycles. The lowest BCUT2D eigenvalue weighted by Crippen LogP contribution is -2.26. The zero-order chi connectivity index (χ0) is 14.7. The molecular formula is C12H12BrFN4OS. The highest BCUT2D eigenvalue weighted by atomic mass is 79.9. The summed E-state index contributed by atoms with van der Waals surface area (Å²) in [7, 11) is 0. The van der Waals surface area contributed by atoms with E-state index in [1.54, 1.807) is 19.1 Å². The normalized spacial score (nSPS) is 12.2. The Labute approximate surface area is 127 Å². The molecule has 1 atom stereocenters. The first kappa shape index (κ1) is 15.0. The quantitative estimate of drug-likeness (QED) is 0.880. The summed E-state index contributed by atoms with van der Waals surface area (Å²) >= 11 is 4.38. The first-order chi connectivity index (χ1) is 9.51. The van der Waals surface area contributed by atoms with Crippen LogP contribution in [0, 0.1) is 11.7 Å². The smallest absolute Gasteiger partial charge is 0.230 e. The highest BCUT2D eigenvalue weighted by Crippen LogP contribution is 2.30. The maximum Gasteiger partial charge on any atom is 0.230 e. The Kier molecular flexibility index (Phi) is 4.79. The molecule has 0 saturated heterocycles. The molecule has 0 saturated carbocycles. The molecule has 2 rings (SSSR count). The van der Waals surface area contributed by atoms with Crippen LogP contribution in [0.2, 0.25) is 0 Å². The molecule has 3 N–H and O–H groups in total. The van der Waals surface area contributed by atoms with E-state index >= 15 is 0 Å². The van der Waals surface area contributed by atoms with E-state index < -0.39 is 5.82 Å². The average molecular weight is 359 g/mol. The molecule has 1 aromatic heterocycles. The van der Waals surface area contributed by atoms with Crippen molar-refractivity contribution in [2.45, 2.75) is 6.92 Å². The first-order valence-electron chi connectivity index (χ1n) is 5.81. The van der Waals surface area contributed by atoms with Gasteiger partial charge in [0, 0.05) is 22.5 Å². The predicted molar refractivity (Wildman–Crippen MR) is 79.9 cm³/mol. The van der Waals surface area contributed by atoms with Gasteiger partial charge in [-0.15, -0.1) is 10.2 Å². The van der Waals surface area contributed by atoms with Crippen LogP contribution in [-0.2, 0) is 4.79 Å². The van der Waals surface area contributed by atoms with Gasteiger partial charge >= 0.3 is 0 Å². The SMILES string of the molecule is CC(CN)C(=O)Nc1nnc(-c2cc(Br)ccc2F)s1. The molecule has 0 aliphatic heterocycles. The molecule has 106 valence electrons. The summed E-state index contributed by atoms with van der Waals surface area (Å²) in [6.07, 6.45) is 0. The van der Waals surface area contributed by atoms with E-state index in [9.17, 15) is 9.18 Å². The third-order valence-electron chi connectivity index (χ3n) is 2.62. The Morgan fingerprint density at radius 1 is 1.55 bits per heavy atom. The summed E-state index contributed by atoms with van der Waals surface area (Å²) in [5.41, 5.74) is 5.75. The number of aromatic nitrogens is 2. The van der Waals surface area contributed by atoms with Crippen LogP contribution >= 0.6 is 27.3 Å². The fourth-order valence-electron chi connectivity index (χ4n) is 1.38. The molecule has 2 aromatic rings. The van der Waals surface area contributed by atoms with Crippen LogP contribution in [0.5, 0.6) is 0 Å². The van der Waals surface area contributed by atoms with Crippen molar-refractivity contribution < 1.29 is 9.18 Å². The summed E-state index contributed by atoms with van der Waals surface area (Å²) in [5.74, 6) is -0.938. The van der Waals surface area contributed by atoms with Crippen molar-refractivity contribution in [3.05, 3.63) is 28.5 Å². The number of hydrogen-bond donors (Lipinski definition) is 2. The summed E-state index contributed by atoms with van der Waals surface area (Å²) < 4.78 is 14.5. The minimum atomic E-state index is -0.391. The summed E-state index contributed by atoms with van der Waals surface area (Å²) in [6, 6.07) is 4.56. The number of benzene rings is 1. The number of halogens is 2. The van der Waals surface area contributed by atoms with E-state index in [1.807, 2.05) is 0 Å². The standard InChI is InChI=1S/C12H12BrFN4OS/c1-6(5-15)10(19)16-12-18-17-11(20-12)8-4-7(13)2-3-9(8)14/h2-4,6H,5,15H2,1H3,(H,16,18,19). The van der Waals surface area contributed by atoms with Crippen molar-refractivity contribution >= 4 is 38.3 Å². The topological polar surface area (TPSA) is 80.9 Å². The van der Waals surface area contributed by atoms with Crippen LogP contribution in [0.15, 0.2) is 22.7 Å². The number of amides is 1. The highest BCUT2D eigenvalue weighted by molar-refractivity contribution is 9.10. The van der Waals surface area contributed by atoms with Gasteiger partial charge in [-0.1, -0.05) is 34.2 Å². The molecule has 0 radical (unpaired) electrons. The monoisotopic (exact) mass is 358 g/mol. The Morgan fingerprint density at radius 2 is 2.30 bits per heavy atom. The molecule has 0 aliphatic carbocycles. The molecule has 0 spiro atoms. The Morgan fingerprint density at radius 3 is 3.00 bits per heavy atom. The largest absolute Gasteiger partial charge is 0.330 e. The zero-order valence-electron chi connectivity index (χ0n) is 10.6. The van der Waals surface area contributed by atoms with Gasteiger partial charge < -0.3 is 11.1 Å². The van der Waals surface area contributed by atoms with E-state index in [1.165, 1.54) is 6.07 Å². The molecule has 1 unspecified atom stereocenters. The van der Waals surface area contributed by atoms with Crippen LogP contribution in [0.25, 0.3) is 10.6 Å². The molecular weight excluding hydrogens is 347 g/mol. The molecule has 0 bridgehead atoms. The van der Waals surface area contributed by atoms with Crippen molar-refractivity contribution in [2.24, 2.45) is 11.7 Å². The molecule has 8 heteroatoms. The van der Waals surface area contributed by atoms with Gasteiger partial charge in [0.2, 0.25) is 11.0 Å². The van der Waals surface area contributed by atoms with E-state index in [0.717, 1.165) is 15.8 Å². The number of carbonyl (C=O) groups excluding carboxylic acids is 1. The van der Waals surface area contributed by atoms with E-state index in [2.05, 4.69) is 31.4 Å². The second-order valence-electron chi connectivity index (χ2n) is 4.16. The van der Waals surface area contributed by atoms with Crippen LogP contribution in [-0.4, -0.2) is 22.6 Å². The van der Waals surface area contributed by atoms with Gasteiger partial charge in [0.25, 0.3) is 0 Å². The van der Waals surface area contributed by atoms with Crippen molar-refractivity contribution in [1.29, 1.82) is 0 Å². The lowest BCUT2D eigenvalue weighted by atomic mass is 10.2. The van der Waals surface area contributed by atoms with Crippen molar-refractivity contribution in [1.82, 2.24) is 10.2 Å². The molecule has 0 fully saturated rings. The number of nitrogens with one attached hydrogen (secondary N) is 1. The Balaban J connectivity index is 2.21. The zero-order valence-corrected chi connectivity index (χ0v) is 13.0. The minimum absolute atomic E-state index is 0.232. The van der Waals surface area contributed by atoms with Gasteiger partial charge in [-0.3, -0.25) is 4.79 Å². The number of nitrogens with zero attached hydrogens (tertiary/aromatic N) is 2. The maximum atomic E-state index is 13.7. The number of nitrogens with two attached hydrogens (primary N) is 1. The molecule has 1 heterocycles. The number of carbonyl (C=O) groups is 1.